The Hall–Kier alpha value is -1.36. The molecular formula is C8H14N4O. The van der Waals surface area contributed by atoms with E-state index in [-0.39, 0.29) is 18.5 Å². The van der Waals surface area contributed by atoms with Crippen LogP contribution in [0.5, 0.6) is 0 Å². The van der Waals surface area contributed by atoms with Gasteiger partial charge in [-0.05, 0) is 13.0 Å². The van der Waals surface area contributed by atoms with Gasteiger partial charge in [-0.1, -0.05) is 0 Å². The van der Waals surface area contributed by atoms with Gasteiger partial charge >= 0.3 is 0 Å². The molecule has 1 atom stereocenters. The number of hydrogen-bond donors (Lipinski definition) is 2. The van der Waals surface area contributed by atoms with Crippen molar-refractivity contribution in [2.45, 2.75) is 19.5 Å². The van der Waals surface area contributed by atoms with Crippen LogP contribution in [0, 0.1) is 0 Å². The Morgan fingerprint density at radius 1 is 1.77 bits per heavy atom. The molecule has 0 saturated heterocycles. The lowest BCUT2D eigenvalue weighted by Gasteiger charge is -2.07. The SMILES string of the molecule is CC(N)CNC(=O)Cn1cccn1. The molecule has 0 aliphatic rings. The van der Waals surface area contributed by atoms with E-state index >= 15 is 0 Å². The average molecular weight is 182 g/mol. The molecule has 0 aliphatic carbocycles. The first kappa shape index (κ1) is 9.73. The van der Waals surface area contributed by atoms with Crippen LogP contribution in [0.3, 0.4) is 0 Å². The molecule has 0 aromatic carbocycles. The smallest absolute Gasteiger partial charge is 0.241 e. The van der Waals surface area contributed by atoms with Gasteiger partial charge < -0.3 is 11.1 Å². The van der Waals surface area contributed by atoms with Gasteiger partial charge in [0.15, 0.2) is 0 Å². The average Bonchev–Trinajstić information content (AvgIpc) is 2.53. The number of nitrogens with two attached hydrogens (primary N) is 1. The number of carbonyl (C=O) groups excluding carboxylic acids is 1. The molecule has 0 aliphatic heterocycles. The van der Waals surface area contributed by atoms with E-state index in [1.807, 2.05) is 6.92 Å². The minimum atomic E-state index is -0.0685. The molecule has 0 spiro atoms. The van der Waals surface area contributed by atoms with E-state index in [2.05, 4.69) is 10.4 Å². The molecule has 72 valence electrons. The number of rotatable bonds is 4. The molecule has 5 heteroatoms. The molecule has 0 saturated carbocycles. The molecule has 1 aromatic heterocycles. The Balaban J connectivity index is 2.26. The van der Waals surface area contributed by atoms with E-state index in [0.29, 0.717) is 6.54 Å². The molecule has 0 radical (unpaired) electrons. The second-order valence-electron chi connectivity index (χ2n) is 2.99. The van der Waals surface area contributed by atoms with Gasteiger partial charge in [-0.2, -0.15) is 5.10 Å². The van der Waals surface area contributed by atoms with Crippen molar-refractivity contribution >= 4 is 5.91 Å². The van der Waals surface area contributed by atoms with Crippen LogP contribution in [0.4, 0.5) is 0 Å². The first-order chi connectivity index (χ1) is 6.18. The predicted molar refractivity (Wildman–Crippen MR) is 48.9 cm³/mol. The molecule has 1 amide bonds. The highest BCUT2D eigenvalue weighted by molar-refractivity contribution is 5.75. The summed E-state index contributed by atoms with van der Waals surface area (Å²) in [4.78, 5) is 11.2. The predicted octanol–water partition coefficient (Wildman–Crippen LogP) is -0.653. The van der Waals surface area contributed by atoms with E-state index in [9.17, 15) is 4.79 Å². The zero-order chi connectivity index (χ0) is 9.68. The van der Waals surface area contributed by atoms with Crippen LogP contribution >= 0.6 is 0 Å². The van der Waals surface area contributed by atoms with Crippen molar-refractivity contribution < 1.29 is 4.79 Å². The lowest BCUT2D eigenvalue weighted by molar-refractivity contribution is -0.121. The second-order valence-corrected chi connectivity index (χ2v) is 2.99. The monoisotopic (exact) mass is 182 g/mol. The maximum absolute atomic E-state index is 11.2. The number of nitrogens with zero attached hydrogens (tertiary/aromatic N) is 2. The molecule has 5 nitrogen and oxygen atoms in total. The van der Waals surface area contributed by atoms with E-state index in [4.69, 9.17) is 5.73 Å². The summed E-state index contributed by atoms with van der Waals surface area (Å²) >= 11 is 0. The maximum Gasteiger partial charge on any atom is 0.241 e. The van der Waals surface area contributed by atoms with Gasteiger partial charge in [0.2, 0.25) is 5.91 Å². The molecule has 13 heavy (non-hydrogen) atoms. The van der Waals surface area contributed by atoms with Crippen molar-refractivity contribution in [2.75, 3.05) is 6.54 Å². The van der Waals surface area contributed by atoms with E-state index in [1.165, 1.54) is 0 Å². The van der Waals surface area contributed by atoms with E-state index < -0.39 is 0 Å². The van der Waals surface area contributed by atoms with Crippen molar-refractivity contribution in [3.05, 3.63) is 18.5 Å². The van der Waals surface area contributed by atoms with Crippen LogP contribution in [0.25, 0.3) is 0 Å². The Morgan fingerprint density at radius 3 is 3.08 bits per heavy atom. The zero-order valence-corrected chi connectivity index (χ0v) is 7.60. The third kappa shape index (κ3) is 3.71. The first-order valence-corrected chi connectivity index (χ1v) is 4.18. The number of nitrogens with one attached hydrogen (secondary N) is 1. The fourth-order valence-corrected chi connectivity index (χ4v) is 0.872. The van der Waals surface area contributed by atoms with Gasteiger partial charge in [0.25, 0.3) is 0 Å². The highest BCUT2D eigenvalue weighted by Crippen LogP contribution is 1.83. The van der Waals surface area contributed by atoms with Crippen molar-refractivity contribution in [1.82, 2.24) is 15.1 Å². The molecular weight excluding hydrogens is 168 g/mol. The normalized spacial score (nSPS) is 12.5. The summed E-state index contributed by atoms with van der Waals surface area (Å²) in [7, 11) is 0. The van der Waals surface area contributed by atoms with Crippen molar-refractivity contribution in [1.29, 1.82) is 0 Å². The van der Waals surface area contributed by atoms with Gasteiger partial charge in [0.05, 0.1) is 0 Å². The summed E-state index contributed by atoms with van der Waals surface area (Å²) in [6, 6.07) is 1.76. The lowest BCUT2D eigenvalue weighted by Crippen LogP contribution is -2.36. The van der Waals surface area contributed by atoms with Gasteiger partial charge in [0.1, 0.15) is 6.54 Å². The highest BCUT2D eigenvalue weighted by atomic mass is 16.2. The Bertz CT molecular complexity index is 255. The summed E-state index contributed by atoms with van der Waals surface area (Å²) in [6.45, 7) is 2.59. The zero-order valence-electron chi connectivity index (χ0n) is 7.60. The summed E-state index contributed by atoms with van der Waals surface area (Å²) in [5.41, 5.74) is 5.48. The number of hydrogen-bond acceptors (Lipinski definition) is 3. The van der Waals surface area contributed by atoms with Gasteiger partial charge in [-0.3, -0.25) is 9.48 Å². The summed E-state index contributed by atoms with van der Waals surface area (Å²) < 4.78 is 1.57. The molecule has 3 N–H and O–H groups in total. The molecule has 0 fully saturated rings. The van der Waals surface area contributed by atoms with Crippen LogP contribution in [-0.2, 0) is 11.3 Å². The fraction of sp³-hybridized carbons (Fsp3) is 0.500. The number of amides is 1. The van der Waals surface area contributed by atoms with Crippen molar-refractivity contribution in [3.8, 4) is 0 Å². The lowest BCUT2D eigenvalue weighted by atomic mass is 10.3. The van der Waals surface area contributed by atoms with Crippen LogP contribution in [-0.4, -0.2) is 28.3 Å². The minimum absolute atomic E-state index is 0.0124. The molecule has 1 rings (SSSR count). The Morgan fingerprint density at radius 2 is 2.54 bits per heavy atom. The largest absolute Gasteiger partial charge is 0.353 e. The number of carbonyl (C=O) groups is 1. The maximum atomic E-state index is 11.2. The standard InChI is InChI=1S/C8H14N4O/c1-7(9)5-10-8(13)6-12-4-2-3-11-12/h2-4,7H,5-6,9H2,1H3,(H,10,13). The van der Waals surface area contributed by atoms with Crippen molar-refractivity contribution in [3.63, 3.8) is 0 Å². The van der Waals surface area contributed by atoms with E-state index in [1.54, 1.807) is 23.1 Å². The fourth-order valence-electron chi connectivity index (χ4n) is 0.872. The topological polar surface area (TPSA) is 72.9 Å². The summed E-state index contributed by atoms with van der Waals surface area (Å²) in [6.07, 6.45) is 3.38. The summed E-state index contributed by atoms with van der Waals surface area (Å²) in [5.74, 6) is -0.0685. The Labute approximate surface area is 76.9 Å². The third-order valence-electron chi connectivity index (χ3n) is 1.49. The quantitative estimate of drug-likeness (QED) is 0.649. The van der Waals surface area contributed by atoms with Gasteiger partial charge in [-0.15, -0.1) is 0 Å². The first-order valence-electron chi connectivity index (χ1n) is 4.18. The third-order valence-corrected chi connectivity index (χ3v) is 1.49. The van der Waals surface area contributed by atoms with Crippen LogP contribution in [0.1, 0.15) is 6.92 Å². The second kappa shape index (κ2) is 4.61. The molecule has 1 unspecified atom stereocenters. The van der Waals surface area contributed by atoms with E-state index in [0.717, 1.165) is 0 Å². The van der Waals surface area contributed by atoms with Crippen LogP contribution in [0.2, 0.25) is 0 Å². The Kier molecular flexibility index (Phi) is 3.45. The van der Waals surface area contributed by atoms with Gasteiger partial charge in [0, 0.05) is 25.0 Å². The van der Waals surface area contributed by atoms with Crippen molar-refractivity contribution in [2.24, 2.45) is 5.73 Å². The minimum Gasteiger partial charge on any atom is -0.353 e. The highest BCUT2D eigenvalue weighted by Gasteiger charge is 2.02. The van der Waals surface area contributed by atoms with Gasteiger partial charge in [-0.25, -0.2) is 0 Å². The number of aromatic nitrogens is 2. The van der Waals surface area contributed by atoms with Crippen LogP contribution in [0.15, 0.2) is 18.5 Å². The molecule has 1 heterocycles. The molecule has 0 bridgehead atoms. The molecule has 1 aromatic rings. The van der Waals surface area contributed by atoms with Crippen LogP contribution < -0.4 is 11.1 Å². The summed E-state index contributed by atoms with van der Waals surface area (Å²) in [5, 5.41) is 6.60.